The SMILES string of the molecule is COc1ccc2c(c1)c(C(=O)N(C)[C@H](C)c1nccs1)c(C)n2C. The van der Waals surface area contributed by atoms with Crippen LogP contribution in [-0.4, -0.2) is 34.5 Å². The summed E-state index contributed by atoms with van der Waals surface area (Å²) in [5, 5.41) is 3.77. The normalized spacial score (nSPS) is 12.4. The summed E-state index contributed by atoms with van der Waals surface area (Å²) in [6.45, 7) is 3.97. The number of nitrogens with zero attached hydrogens (tertiary/aromatic N) is 3. The highest BCUT2D eigenvalue weighted by molar-refractivity contribution is 7.09. The van der Waals surface area contributed by atoms with Gasteiger partial charge in [-0.25, -0.2) is 4.98 Å². The molecule has 1 atom stereocenters. The Hall–Kier alpha value is -2.34. The minimum atomic E-state index is -0.0715. The molecule has 0 saturated heterocycles. The molecule has 0 unspecified atom stereocenters. The van der Waals surface area contributed by atoms with Crippen LogP contribution in [0.3, 0.4) is 0 Å². The van der Waals surface area contributed by atoms with Crippen molar-refractivity contribution in [2.75, 3.05) is 14.2 Å². The van der Waals surface area contributed by atoms with Crippen LogP contribution in [0.4, 0.5) is 0 Å². The molecule has 3 aromatic rings. The van der Waals surface area contributed by atoms with Crippen LogP contribution in [0.1, 0.15) is 34.0 Å². The zero-order valence-electron chi connectivity index (χ0n) is 14.5. The lowest BCUT2D eigenvalue weighted by Gasteiger charge is -2.23. The molecular weight excluding hydrogens is 322 g/mol. The molecule has 0 aliphatic carbocycles. The number of hydrogen-bond acceptors (Lipinski definition) is 4. The number of carbonyl (C=O) groups is 1. The van der Waals surface area contributed by atoms with Crippen LogP contribution in [0, 0.1) is 6.92 Å². The van der Waals surface area contributed by atoms with Crippen molar-refractivity contribution in [3.05, 3.63) is 46.0 Å². The van der Waals surface area contributed by atoms with E-state index >= 15 is 0 Å². The summed E-state index contributed by atoms with van der Waals surface area (Å²) in [6.07, 6.45) is 1.77. The highest BCUT2D eigenvalue weighted by Gasteiger charge is 2.26. The second-order valence-electron chi connectivity index (χ2n) is 5.86. The first-order valence-electron chi connectivity index (χ1n) is 7.75. The van der Waals surface area contributed by atoms with Gasteiger partial charge in [-0.15, -0.1) is 11.3 Å². The van der Waals surface area contributed by atoms with Gasteiger partial charge in [-0.3, -0.25) is 4.79 Å². The maximum absolute atomic E-state index is 13.2. The predicted octanol–water partition coefficient (Wildman–Crippen LogP) is 3.79. The molecule has 0 aliphatic rings. The summed E-state index contributed by atoms with van der Waals surface area (Å²) in [6, 6.07) is 5.76. The molecule has 5 nitrogen and oxygen atoms in total. The molecule has 6 heteroatoms. The number of fused-ring (bicyclic) bond motifs is 1. The summed E-state index contributed by atoms with van der Waals surface area (Å²) in [7, 11) is 5.44. The topological polar surface area (TPSA) is 47.4 Å². The molecule has 0 radical (unpaired) electrons. The van der Waals surface area contributed by atoms with Crippen molar-refractivity contribution in [1.82, 2.24) is 14.5 Å². The molecule has 2 heterocycles. The van der Waals surface area contributed by atoms with Crippen LogP contribution < -0.4 is 4.74 Å². The van der Waals surface area contributed by atoms with Gasteiger partial charge < -0.3 is 14.2 Å². The average Bonchev–Trinajstić information content (AvgIpc) is 3.21. The number of aromatic nitrogens is 2. The molecule has 0 saturated carbocycles. The van der Waals surface area contributed by atoms with Crippen molar-refractivity contribution in [1.29, 1.82) is 0 Å². The maximum Gasteiger partial charge on any atom is 0.256 e. The van der Waals surface area contributed by atoms with Gasteiger partial charge in [-0.2, -0.15) is 0 Å². The molecule has 3 rings (SSSR count). The van der Waals surface area contributed by atoms with Gasteiger partial charge in [0.15, 0.2) is 0 Å². The summed E-state index contributed by atoms with van der Waals surface area (Å²) in [5.74, 6) is 0.742. The van der Waals surface area contributed by atoms with E-state index < -0.39 is 0 Å². The summed E-state index contributed by atoms with van der Waals surface area (Å²) >= 11 is 1.56. The molecule has 24 heavy (non-hydrogen) atoms. The molecular formula is C18H21N3O2S. The minimum absolute atomic E-state index is 0.00551. The van der Waals surface area contributed by atoms with E-state index in [0.29, 0.717) is 0 Å². The highest BCUT2D eigenvalue weighted by atomic mass is 32.1. The van der Waals surface area contributed by atoms with E-state index in [1.165, 1.54) is 0 Å². The van der Waals surface area contributed by atoms with Crippen molar-refractivity contribution in [2.45, 2.75) is 19.9 Å². The van der Waals surface area contributed by atoms with Gasteiger partial charge in [-0.1, -0.05) is 0 Å². The summed E-state index contributed by atoms with van der Waals surface area (Å²) in [4.78, 5) is 19.3. The molecule has 0 bridgehead atoms. The number of amides is 1. The van der Waals surface area contributed by atoms with Crippen LogP contribution in [0.5, 0.6) is 5.75 Å². The van der Waals surface area contributed by atoms with Crippen molar-refractivity contribution in [2.24, 2.45) is 7.05 Å². The van der Waals surface area contributed by atoms with Crippen LogP contribution in [-0.2, 0) is 7.05 Å². The second-order valence-corrected chi connectivity index (χ2v) is 6.79. The van der Waals surface area contributed by atoms with Crippen molar-refractivity contribution >= 4 is 28.1 Å². The van der Waals surface area contributed by atoms with E-state index in [0.717, 1.165) is 32.9 Å². The van der Waals surface area contributed by atoms with Gasteiger partial charge in [0, 0.05) is 42.3 Å². The lowest BCUT2D eigenvalue weighted by atomic mass is 10.1. The van der Waals surface area contributed by atoms with Gasteiger partial charge in [0.2, 0.25) is 0 Å². The molecule has 0 N–H and O–H groups in total. The Balaban J connectivity index is 2.07. The lowest BCUT2D eigenvalue weighted by Crippen LogP contribution is -2.30. The number of carbonyl (C=O) groups excluding carboxylic acids is 1. The van der Waals surface area contributed by atoms with Gasteiger partial charge in [0.25, 0.3) is 5.91 Å². The minimum Gasteiger partial charge on any atom is -0.497 e. The fraction of sp³-hybridized carbons (Fsp3) is 0.333. The Morgan fingerprint density at radius 3 is 2.79 bits per heavy atom. The number of aryl methyl sites for hydroxylation is 1. The van der Waals surface area contributed by atoms with Gasteiger partial charge >= 0.3 is 0 Å². The third-order valence-corrected chi connectivity index (χ3v) is 5.57. The Morgan fingerprint density at radius 2 is 2.17 bits per heavy atom. The Labute approximate surface area is 145 Å². The Bertz CT molecular complexity index is 883. The quantitative estimate of drug-likeness (QED) is 0.724. The van der Waals surface area contributed by atoms with E-state index in [9.17, 15) is 4.79 Å². The maximum atomic E-state index is 13.2. The molecule has 0 fully saturated rings. The number of rotatable bonds is 4. The molecule has 0 spiro atoms. The van der Waals surface area contributed by atoms with E-state index in [2.05, 4.69) is 4.98 Å². The first-order valence-corrected chi connectivity index (χ1v) is 8.63. The summed E-state index contributed by atoms with van der Waals surface area (Å²) in [5.41, 5.74) is 2.69. The summed E-state index contributed by atoms with van der Waals surface area (Å²) < 4.78 is 7.38. The first kappa shape index (κ1) is 16.5. The zero-order valence-corrected chi connectivity index (χ0v) is 15.3. The monoisotopic (exact) mass is 343 g/mol. The van der Waals surface area contributed by atoms with Crippen LogP contribution >= 0.6 is 11.3 Å². The lowest BCUT2D eigenvalue weighted by molar-refractivity contribution is 0.0743. The number of ether oxygens (including phenoxy) is 1. The van der Waals surface area contributed by atoms with Crippen molar-refractivity contribution < 1.29 is 9.53 Å². The van der Waals surface area contributed by atoms with E-state index in [4.69, 9.17) is 4.74 Å². The van der Waals surface area contributed by atoms with Gasteiger partial charge in [0.05, 0.1) is 18.7 Å². The standard InChI is InChI=1S/C18H21N3O2S/c1-11-16(14-10-13(23-5)6-7-15(14)20(11)3)18(22)21(4)12(2)17-19-8-9-24-17/h6-10,12H,1-5H3/t12-/m1/s1. The predicted molar refractivity (Wildman–Crippen MR) is 96.8 cm³/mol. The fourth-order valence-corrected chi connectivity index (χ4v) is 3.64. The second kappa shape index (κ2) is 6.28. The fourth-order valence-electron chi connectivity index (χ4n) is 2.91. The molecule has 1 amide bonds. The Morgan fingerprint density at radius 1 is 1.42 bits per heavy atom. The molecule has 1 aromatic carbocycles. The largest absolute Gasteiger partial charge is 0.497 e. The van der Waals surface area contributed by atoms with Crippen LogP contribution in [0.25, 0.3) is 10.9 Å². The first-order chi connectivity index (χ1) is 11.5. The number of methoxy groups -OCH3 is 1. The average molecular weight is 343 g/mol. The number of thiazole rings is 1. The van der Waals surface area contributed by atoms with Crippen LogP contribution in [0.2, 0.25) is 0 Å². The van der Waals surface area contributed by atoms with Crippen molar-refractivity contribution in [3.63, 3.8) is 0 Å². The zero-order chi connectivity index (χ0) is 17.4. The van der Waals surface area contributed by atoms with Crippen molar-refractivity contribution in [3.8, 4) is 5.75 Å². The van der Waals surface area contributed by atoms with E-state index in [1.54, 1.807) is 29.5 Å². The van der Waals surface area contributed by atoms with Gasteiger partial charge in [0.1, 0.15) is 10.8 Å². The third kappa shape index (κ3) is 2.57. The highest BCUT2D eigenvalue weighted by Crippen LogP contribution is 2.31. The molecule has 0 aliphatic heterocycles. The van der Waals surface area contributed by atoms with Gasteiger partial charge in [-0.05, 0) is 32.0 Å². The van der Waals surface area contributed by atoms with Crippen LogP contribution in [0.15, 0.2) is 29.8 Å². The molecule has 2 aromatic heterocycles. The smallest absolute Gasteiger partial charge is 0.256 e. The third-order valence-electron chi connectivity index (χ3n) is 4.62. The number of hydrogen-bond donors (Lipinski definition) is 0. The number of benzene rings is 1. The molecule has 126 valence electrons. The Kier molecular flexibility index (Phi) is 4.32. The van der Waals surface area contributed by atoms with E-state index in [-0.39, 0.29) is 11.9 Å². The van der Waals surface area contributed by atoms with E-state index in [1.807, 2.05) is 56.1 Å².